The third-order valence-corrected chi connectivity index (χ3v) is 2.19. The minimum Gasteiger partial charge on any atom is -0.508 e. The Morgan fingerprint density at radius 1 is 1.35 bits per heavy atom. The lowest BCUT2D eigenvalue weighted by Crippen LogP contribution is -2.30. The third-order valence-electron chi connectivity index (χ3n) is 2.19. The highest BCUT2D eigenvalue weighted by Gasteiger charge is 2.12. The summed E-state index contributed by atoms with van der Waals surface area (Å²) in [5.74, 6) is 4.02. The number of benzene rings is 1. The van der Waals surface area contributed by atoms with Crippen molar-refractivity contribution in [2.75, 3.05) is 0 Å². The van der Waals surface area contributed by atoms with Crippen molar-refractivity contribution in [2.24, 2.45) is 5.84 Å². The normalized spacial score (nSPS) is 10.4. The molecule has 17 heavy (non-hydrogen) atoms. The second kappa shape index (κ2) is 3.80. The molecule has 0 unspecified atom stereocenters. The van der Waals surface area contributed by atoms with Crippen LogP contribution in [0.5, 0.6) is 11.5 Å². The zero-order valence-electron chi connectivity index (χ0n) is 8.52. The number of rotatable bonds is 1. The van der Waals surface area contributed by atoms with Crippen LogP contribution in [0, 0.1) is 5.41 Å². The summed E-state index contributed by atoms with van der Waals surface area (Å²) in [6.45, 7) is 0. The maximum absolute atomic E-state index is 11.7. The predicted octanol–water partition coefficient (Wildman–Crippen LogP) is -0.00713. The number of amidine groups is 1. The molecule has 0 spiro atoms. The van der Waals surface area contributed by atoms with Crippen LogP contribution in [0.3, 0.4) is 0 Å². The van der Waals surface area contributed by atoms with Crippen LogP contribution >= 0.6 is 0 Å². The summed E-state index contributed by atoms with van der Waals surface area (Å²) < 4.78 is 5.17. The fourth-order valence-electron chi connectivity index (χ4n) is 1.45. The molecule has 0 aliphatic rings. The van der Waals surface area contributed by atoms with Crippen LogP contribution in [0.4, 0.5) is 0 Å². The monoisotopic (exact) mass is 235 g/mol. The first-order valence-electron chi connectivity index (χ1n) is 4.58. The van der Waals surface area contributed by atoms with Gasteiger partial charge in [0.2, 0.25) is 0 Å². The summed E-state index contributed by atoms with van der Waals surface area (Å²) in [5, 5.41) is 26.1. The average Bonchev–Trinajstić information content (AvgIpc) is 2.26. The van der Waals surface area contributed by atoms with Crippen molar-refractivity contribution in [1.82, 2.24) is 5.43 Å². The molecule has 1 heterocycles. The highest BCUT2D eigenvalue weighted by atomic mass is 16.3. The molecule has 0 fully saturated rings. The van der Waals surface area contributed by atoms with Crippen LogP contribution in [0.15, 0.2) is 27.4 Å². The van der Waals surface area contributed by atoms with Gasteiger partial charge in [0.05, 0.1) is 0 Å². The summed E-state index contributed by atoms with van der Waals surface area (Å²) in [6.07, 6.45) is 0. The summed E-state index contributed by atoms with van der Waals surface area (Å²) in [7, 11) is 0. The molecule has 0 amide bonds. The predicted molar refractivity (Wildman–Crippen MR) is 60.0 cm³/mol. The van der Waals surface area contributed by atoms with Crippen LogP contribution in [-0.4, -0.2) is 16.0 Å². The van der Waals surface area contributed by atoms with Gasteiger partial charge in [0, 0.05) is 18.2 Å². The Bertz CT molecular complexity index is 662. The third kappa shape index (κ3) is 1.79. The van der Waals surface area contributed by atoms with Crippen molar-refractivity contribution < 1.29 is 14.6 Å². The largest absolute Gasteiger partial charge is 0.508 e. The minimum absolute atomic E-state index is 0.0231. The molecular weight excluding hydrogens is 226 g/mol. The van der Waals surface area contributed by atoms with Gasteiger partial charge in [0.1, 0.15) is 22.5 Å². The van der Waals surface area contributed by atoms with Gasteiger partial charge in [0.25, 0.3) is 0 Å². The van der Waals surface area contributed by atoms with Gasteiger partial charge in [-0.3, -0.25) is 10.2 Å². The number of phenolic OH excluding ortho intramolecular Hbond substituents is 2. The zero-order valence-corrected chi connectivity index (χ0v) is 8.52. The minimum atomic E-state index is -0.529. The molecular formula is C10H9N3O4. The molecule has 1 aromatic heterocycles. The summed E-state index contributed by atoms with van der Waals surface area (Å²) in [5.41, 5.74) is 1.48. The lowest BCUT2D eigenvalue weighted by atomic mass is 10.2. The molecule has 0 atom stereocenters. The number of hydrazine groups is 1. The SMILES string of the molecule is N=C(NN)c1cc(=O)c2c(O)cc(O)cc2o1. The summed E-state index contributed by atoms with van der Waals surface area (Å²) in [6, 6.07) is 3.23. The average molecular weight is 235 g/mol. The topological polar surface area (TPSA) is 133 Å². The highest BCUT2D eigenvalue weighted by molar-refractivity contribution is 5.95. The van der Waals surface area contributed by atoms with Crippen LogP contribution in [0.1, 0.15) is 5.76 Å². The maximum Gasteiger partial charge on any atom is 0.197 e. The Morgan fingerprint density at radius 3 is 2.71 bits per heavy atom. The van der Waals surface area contributed by atoms with Crippen molar-refractivity contribution >= 4 is 16.8 Å². The van der Waals surface area contributed by atoms with Gasteiger partial charge in [-0.15, -0.1) is 0 Å². The molecule has 2 rings (SSSR count). The Labute approximate surface area is 94.6 Å². The first kappa shape index (κ1) is 11.0. The van der Waals surface area contributed by atoms with E-state index in [0.29, 0.717) is 0 Å². The van der Waals surface area contributed by atoms with Gasteiger partial charge < -0.3 is 20.1 Å². The molecule has 0 saturated heterocycles. The van der Waals surface area contributed by atoms with Gasteiger partial charge >= 0.3 is 0 Å². The van der Waals surface area contributed by atoms with E-state index in [1.165, 1.54) is 6.07 Å². The Kier molecular flexibility index (Phi) is 2.45. The standard InChI is InChI=1S/C10H9N3O4/c11-10(13-12)8-3-6(16)9-5(15)1-4(14)2-7(9)17-8/h1-3,14-15H,12H2,(H2,11,13). The number of aromatic hydroxyl groups is 2. The number of phenols is 2. The fraction of sp³-hybridized carbons (Fsp3) is 0. The Balaban J connectivity index is 2.82. The molecule has 0 saturated carbocycles. The van der Waals surface area contributed by atoms with Crippen LogP contribution in [0.2, 0.25) is 0 Å². The number of nitrogens with one attached hydrogen (secondary N) is 2. The Hall–Kier alpha value is -2.54. The first-order valence-corrected chi connectivity index (χ1v) is 4.58. The smallest absolute Gasteiger partial charge is 0.197 e. The fourth-order valence-corrected chi connectivity index (χ4v) is 1.45. The molecule has 0 radical (unpaired) electrons. The van der Waals surface area contributed by atoms with Crippen molar-refractivity contribution in [1.29, 1.82) is 5.41 Å². The van der Waals surface area contributed by atoms with E-state index in [1.807, 2.05) is 5.43 Å². The van der Waals surface area contributed by atoms with Gasteiger partial charge in [-0.05, 0) is 0 Å². The van der Waals surface area contributed by atoms with E-state index in [1.54, 1.807) is 0 Å². The molecule has 88 valence electrons. The lowest BCUT2D eigenvalue weighted by molar-refractivity contribution is 0.451. The quantitative estimate of drug-likeness (QED) is 0.204. The molecule has 0 bridgehead atoms. The van der Waals surface area contributed by atoms with Gasteiger partial charge in [-0.1, -0.05) is 0 Å². The van der Waals surface area contributed by atoms with E-state index in [0.717, 1.165) is 12.1 Å². The summed E-state index contributed by atoms with van der Waals surface area (Å²) >= 11 is 0. The lowest BCUT2D eigenvalue weighted by Gasteiger charge is -2.05. The molecule has 1 aromatic carbocycles. The summed E-state index contributed by atoms with van der Waals surface area (Å²) in [4.78, 5) is 11.7. The van der Waals surface area contributed by atoms with Crippen molar-refractivity contribution in [2.45, 2.75) is 0 Å². The van der Waals surface area contributed by atoms with Crippen molar-refractivity contribution in [3.63, 3.8) is 0 Å². The number of fused-ring (bicyclic) bond motifs is 1. The number of nitrogens with two attached hydrogens (primary N) is 1. The van der Waals surface area contributed by atoms with Crippen molar-refractivity contribution in [3.05, 3.63) is 34.2 Å². The molecule has 7 nitrogen and oxygen atoms in total. The maximum atomic E-state index is 11.7. The van der Waals surface area contributed by atoms with Crippen LogP contribution < -0.4 is 16.7 Å². The molecule has 0 aliphatic carbocycles. The highest BCUT2D eigenvalue weighted by Crippen LogP contribution is 2.27. The zero-order chi connectivity index (χ0) is 12.6. The second-order valence-corrected chi connectivity index (χ2v) is 3.33. The van der Waals surface area contributed by atoms with Gasteiger partial charge in [-0.25, -0.2) is 5.84 Å². The van der Waals surface area contributed by atoms with Gasteiger partial charge in [0.15, 0.2) is 17.0 Å². The Morgan fingerprint density at radius 2 is 2.06 bits per heavy atom. The molecule has 2 aromatic rings. The number of hydrogen-bond acceptors (Lipinski definition) is 6. The van der Waals surface area contributed by atoms with Crippen LogP contribution in [0.25, 0.3) is 11.0 Å². The van der Waals surface area contributed by atoms with Crippen molar-refractivity contribution in [3.8, 4) is 11.5 Å². The van der Waals surface area contributed by atoms with E-state index in [2.05, 4.69) is 0 Å². The van der Waals surface area contributed by atoms with E-state index in [9.17, 15) is 15.0 Å². The molecule has 0 aliphatic heterocycles. The first-order chi connectivity index (χ1) is 8.02. The van der Waals surface area contributed by atoms with Crippen LogP contribution in [-0.2, 0) is 0 Å². The number of hydrogen-bond donors (Lipinski definition) is 5. The molecule has 7 heteroatoms. The van der Waals surface area contributed by atoms with E-state index >= 15 is 0 Å². The molecule has 6 N–H and O–H groups in total. The van der Waals surface area contributed by atoms with Gasteiger partial charge in [-0.2, -0.15) is 0 Å². The second-order valence-electron chi connectivity index (χ2n) is 3.33. The van der Waals surface area contributed by atoms with E-state index in [-0.39, 0.29) is 34.1 Å². The van der Waals surface area contributed by atoms with E-state index < -0.39 is 5.43 Å². The van der Waals surface area contributed by atoms with E-state index in [4.69, 9.17) is 15.7 Å².